The molecule has 3 rings (SSSR count). The normalized spacial score (nSPS) is 19.1. The number of piperidine rings is 1. The van der Waals surface area contributed by atoms with E-state index in [2.05, 4.69) is 9.97 Å². The molecule has 0 atom stereocenters. The Bertz CT molecular complexity index is 730. The number of aromatic nitrogens is 2. The molecule has 2 aliphatic heterocycles. The van der Waals surface area contributed by atoms with Crippen LogP contribution in [0.25, 0.3) is 0 Å². The van der Waals surface area contributed by atoms with Gasteiger partial charge in [-0.05, 0) is 25.2 Å². The van der Waals surface area contributed by atoms with Gasteiger partial charge in [0.05, 0.1) is 6.42 Å². The van der Waals surface area contributed by atoms with Crippen molar-refractivity contribution in [1.29, 1.82) is 0 Å². The zero-order valence-corrected chi connectivity index (χ0v) is 13.5. The first-order valence-electron chi connectivity index (χ1n) is 8.39. The molecule has 0 unspecified atom stereocenters. The lowest BCUT2D eigenvalue weighted by atomic mass is 9.96. The second-order valence-corrected chi connectivity index (χ2v) is 6.54. The highest BCUT2D eigenvalue weighted by Crippen LogP contribution is 2.21. The Balaban J connectivity index is 1.50. The molecule has 0 bridgehead atoms. The van der Waals surface area contributed by atoms with Gasteiger partial charge >= 0.3 is 5.69 Å². The van der Waals surface area contributed by atoms with Crippen molar-refractivity contribution in [2.24, 2.45) is 5.92 Å². The maximum Gasteiger partial charge on any atom is 0.325 e. The van der Waals surface area contributed by atoms with Gasteiger partial charge in [0.25, 0.3) is 5.56 Å². The molecule has 130 valence electrons. The SMILES string of the molecule is O=C(Cc1c[nH]c(=O)[nH]c1=O)N1CCC(CN2CCCC2=O)CC1. The first-order chi connectivity index (χ1) is 11.5. The Labute approximate surface area is 138 Å². The van der Waals surface area contributed by atoms with Gasteiger partial charge in [0, 0.05) is 44.4 Å². The maximum atomic E-state index is 12.3. The van der Waals surface area contributed by atoms with Crippen LogP contribution >= 0.6 is 0 Å². The summed E-state index contributed by atoms with van der Waals surface area (Å²) >= 11 is 0. The highest BCUT2D eigenvalue weighted by Gasteiger charge is 2.27. The average Bonchev–Trinajstić information content (AvgIpc) is 2.96. The third-order valence-electron chi connectivity index (χ3n) is 4.86. The van der Waals surface area contributed by atoms with Crippen molar-refractivity contribution in [3.05, 3.63) is 32.6 Å². The summed E-state index contributed by atoms with van der Waals surface area (Å²) in [5, 5.41) is 0. The van der Waals surface area contributed by atoms with Crippen LogP contribution in [0.3, 0.4) is 0 Å². The second kappa shape index (κ2) is 7.02. The summed E-state index contributed by atoms with van der Waals surface area (Å²) in [6.45, 7) is 2.94. The molecule has 0 radical (unpaired) electrons. The minimum atomic E-state index is -0.575. The van der Waals surface area contributed by atoms with Gasteiger partial charge in [-0.25, -0.2) is 4.79 Å². The zero-order chi connectivity index (χ0) is 17.1. The molecule has 0 aromatic carbocycles. The summed E-state index contributed by atoms with van der Waals surface area (Å²) in [7, 11) is 0. The fourth-order valence-corrected chi connectivity index (χ4v) is 3.42. The van der Waals surface area contributed by atoms with Crippen LogP contribution in [0.15, 0.2) is 15.8 Å². The van der Waals surface area contributed by atoms with Crippen LogP contribution in [0.2, 0.25) is 0 Å². The smallest absolute Gasteiger partial charge is 0.325 e. The molecular formula is C16H22N4O4. The maximum absolute atomic E-state index is 12.3. The molecule has 0 aliphatic carbocycles. The summed E-state index contributed by atoms with van der Waals surface area (Å²) < 4.78 is 0. The van der Waals surface area contributed by atoms with Crippen molar-refractivity contribution >= 4 is 11.8 Å². The average molecular weight is 334 g/mol. The molecule has 2 amide bonds. The number of nitrogens with one attached hydrogen (secondary N) is 2. The summed E-state index contributed by atoms with van der Waals surface area (Å²) in [5.74, 6) is 0.571. The van der Waals surface area contributed by atoms with Crippen LogP contribution in [0, 0.1) is 5.92 Å². The van der Waals surface area contributed by atoms with Gasteiger partial charge in [0.2, 0.25) is 11.8 Å². The number of rotatable bonds is 4. The number of amides is 2. The zero-order valence-electron chi connectivity index (χ0n) is 13.5. The fourth-order valence-electron chi connectivity index (χ4n) is 3.42. The van der Waals surface area contributed by atoms with E-state index in [1.54, 1.807) is 4.90 Å². The monoisotopic (exact) mass is 334 g/mol. The van der Waals surface area contributed by atoms with Crippen LogP contribution in [0.5, 0.6) is 0 Å². The summed E-state index contributed by atoms with van der Waals surface area (Å²) in [5.41, 5.74) is -0.826. The minimum Gasteiger partial charge on any atom is -0.342 e. The lowest BCUT2D eigenvalue weighted by molar-refractivity contribution is -0.133. The van der Waals surface area contributed by atoms with Crippen molar-refractivity contribution in [3.8, 4) is 0 Å². The third kappa shape index (κ3) is 3.74. The number of carbonyl (C=O) groups excluding carboxylic acids is 2. The Kier molecular flexibility index (Phi) is 4.82. The van der Waals surface area contributed by atoms with Crippen LogP contribution < -0.4 is 11.2 Å². The van der Waals surface area contributed by atoms with Crippen LogP contribution in [0.4, 0.5) is 0 Å². The number of nitrogens with zero attached hydrogens (tertiary/aromatic N) is 2. The molecule has 0 saturated carbocycles. The Morgan fingerprint density at radius 1 is 1.17 bits per heavy atom. The third-order valence-corrected chi connectivity index (χ3v) is 4.86. The first kappa shape index (κ1) is 16.5. The van der Waals surface area contributed by atoms with Crippen molar-refractivity contribution in [2.45, 2.75) is 32.1 Å². The van der Waals surface area contributed by atoms with E-state index in [9.17, 15) is 19.2 Å². The number of aromatic amines is 2. The molecular weight excluding hydrogens is 312 g/mol. The number of likely N-dealkylation sites (tertiary alicyclic amines) is 2. The van der Waals surface area contributed by atoms with Gasteiger partial charge < -0.3 is 14.8 Å². The van der Waals surface area contributed by atoms with Crippen LogP contribution in [0.1, 0.15) is 31.2 Å². The molecule has 1 aromatic rings. The number of carbonyl (C=O) groups is 2. The Morgan fingerprint density at radius 3 is 2.54 bits per heavy atom. The Hall–Kier alpha value is -2.38. The van der Waals surface area contributed by atoms with E-state index in [1.165, 1.54) is 6.20 Å². The van der Waals surface area contributed by atoms with E-state index in [0.29, 0.717) is 25.4 Å². The molecule has 24 heavy (non-hydrogen) atoms. The number of H-pyrrole nitrogens is 2. The highest BCUT2D eigenvalue weighted by atomic mass is 16.2. The van der Waals surface area contributed by atoms with Crippen LogP contribution in [-0.2, 0) is 16.0 Å². The lowest BCUT2D eigenvalue weighted by Crippen LogP contribution is -2.43. The van der Waals surface area contributed by atoms with E-state index in [1.807, 2.05) is 4.90 Å². The van der Waals surface area contributed by atoms with E-state index in [0.717, 1.165) is 32.4 Å². The molecule has 2 saturated heterocycles. The molecule has 2 N–H and O–H groups in total. The van der Waals surface area contributed by atoms with E-state index < -0.39 is 11.2 Å². The lowest BCUT2D eigenvalue weighted by Gasteiger charge is -2.34. The molecule has 0 spiro atoms. The molecule has 1 aromatic heterocycles. The van der Waals surface area contributed by atoms with Gasteiger partial charge in [-0.1, -0.05) is 0 Å². The van der Waals surface area contributed by atoms with Crippen LogP contribution in [-0.4, -0.2) is 57.8 Å². The molecule has 8 heteroatoms. The molecule has 3 heterocycles. The standard InChI is InChI=1S/C16H22N4O4/c21-13-2-1-5-20(13)10-11-3-6-19(7-4-11)14(22)8-12-9-17-16(24)18-15(12)23/h9,11H,1-8,10H2,(H2,17,18,23,24). The Morgan fingerprint density at radius 2 is 1.92 bits per heavy atom. The molecule has 8 nitrogen and oxygen atoms in total. The summed E-state index contributed by atoms with van der Waals surface area (Å²) in [6.07, 6.45) is 4.64. The highest BCUT2D eigenvalue weighted by molar-refractivity contribution is 5.79. The van der Waals surface area contributed by atoms with E-state index in [-0.39, 0.29) is 23.8 Å². The summed E-state index contributed by atoms with van der Waals surface area (Å²) in [4.78, 5) is 54.8. The first-order valence-corrected chi connectivity index (χ1v) is 8.39. The van der Waals surface area contributed by atoms with E-state index >= 15 is 0 Å². The fraction of sp³-hybridized carbons (Fsp3) is 0.625. The van der Waals surface area contributed by atoms with Gasteiger partial charge in [0.15, 0.2) is 0 Å². The quantitative estimate of drug-likeness (QED) is 0.772. The van der Waals surface area contributed by atoms with Crippen molar-refractivity contribution in [1.82, 2.24) is 19.8 Å². The number of hydrogen-bond acceptors (Lipinski definition) is 4. The van der Waals surface area contributed by atoms with Gasteiger partial charge in [-0.15, -0.1) is 0 Å². The van der Waals surface area contributed by atoms with E-state index in [4.69, 9.17) is 0 Å². The van der Waals surface area contributed by atoms with Crippen molar-refractivity contribution in [2.75, 3.05) is 26.2 Å². The molecule has 2 aliphatic rings. The van der Waals surface area contributed by atoms with Crippen molar-refractivity contribution < 1.29 is 9.59 Å². The second-order valence-electron chi connectivity index (χ2n) is 6.54. The van der Waals surface area contributed by atoms with Gasteiger partial charge in [0.1, 0.15) is 0 Å². The largest absolute Gasteiger partial charge is 0.342 e. The predicted octanol–water partition coefficient (Wildman–Crippen LogP) is -0.533. The summed E-state index contributed by atoms with van der Waals surface area (Å²) in [6, 6.07) is 0. The predicted molar refractivity (Wildman–Crippen MR) is 86.5 cm³/mol. The number of hydrogen-bond donors (Lipinski definition) is 2. The molecule has 2 fully saturated rings. The topological polar surface area (TPSA) is 106 Å². The van der Waals surface area contributed by atoms with Crippen molar-refractivity contribution in [3.63, 3.8) is 0 Å². The van der Waals surface area contributed by atoms with Gasteiger partial charge in [-0.3, -0.25) is 19.4 Å². The minimum absolute atomic E-state index is 0.0125. The van der Waals surface area contributed by atoms with Gasteiger partial charge in [-0.2, -0.15) is 0 Å².